The maximum absolute atomic E-state index is 12.8. The summed E-state index contributed by atoms with van der Waals surface area (Å²) in [5.41, 5.74) is 3.15. The number of nitrogens with two attached hydrogens (primary N) is 1. The number of carbonyl (C=O) groups excluding carboxylic acids is 1. The zero-order chi connectivity index (χ0) is 17.8. The van der Waals surface area contributed by atoms with E-state index in [9.17, 15) is 26.4 Å². The van der Waals surface area contributed by atoms with E-state index in [1.54, 1.807) is 0 Å². The molecule has 5 nitrogen and oxygen atoms in total. The molecule has 2 rings (SSSR count). The van der Waals surface area contributed by atoms with E-state index in [2.05, 4.69) is 0 Å². The molecule has 0 fully saturated rings. The SMILES string of the molecule is CC(=O)N1C(C)(C)C(N)=C(c2cccc(C(F)(F)F)c2)S1(=O)=O. The predicted octanol–water partition coefficient (Wildman–Crippen LogP) is 2.30. The summed E-state index contributed by atoms with van der Waals surface area (Å²) in [5, 5.41) is 0. The van der Waals surface area contributed by atoms with Gasteiger partial charge in [0.05, 0.1) is 16.8 Å². The van der Waals surface area contributed by atoms with Crippen molar-refractivity contribution in [3.63, 3.8) is 0 Å². The largest absolute Gasteiger partial charge is 0.416 e. The van der Waals surface area contributed by atoms with Gasteiger partial charge in [-0.2, -0.15) is 13.2 Å². The average molecular weight is 348 g/mol. The number of benzene rings is 1. The van der Waals surface area contributed by atoms with Crippen LogP contribution in [-0.2, 0) is 21.0 Å². The maximum Gasteiger partial charge on any atom is 0.416 e. The molecule has 0 aromatic heterocycles. The van der Waals surface area contributed by atoms with Crippen molar-refractivity contribution in [3.05, 3.63) is 41.1 Å². The number of carbonyl (C=O) groups is 1. The maximum atomic E-state index is 12.8. The average Bonchev–Trinajstić information content (AvgIpc) is 2.50. The summed E-state index contributed by atoms with van der Waals surface area (Å²) in [4.78, 5) is 11.2. The Labute approximate surface area is 131 Å². The number of hydrogen-bond donors (Lipinski definition) is 1. The van der Waals surface area contributed by atoms with E-state index in [0.717, 1.165) is 19.1 Å². The quantitative estimate of drug-likeness (QED) is 0.844. The van der Waals surface area contributed by atoms with Crippen LogP contribution >= 0.6 is 0 Å². The summed E-state index contributed by atoms with van der Waals surface area (Å²) in [5.74, 6) is -0.764. The van der Waals surface area contributed by atoms with E-state index in [4.69, 9.17) is 5.73 Å². The Morgan fingerprint density at radius 2 is 1.83 bits per heavy atom. The summed E-state index contributed by atoms with van der Waals surface area (Å²) in [6.07, 6.45) is -4.62. The fraction of sp³-hybridized carbons (Fsp3) is 0.357. The summed E-state index contributed by atoms with van der Waals surface area (Å²) < 4.78 is 64.3. The second kappa shape index (κ2) is 4.98. The van der Waals surface area contributed by atoms with Gasteiger partial charge in [-0.05, 0) is 31.5 Å². The second-order valence-electron chi connectivity index (χ2n) is 5.67. The minimum absolute atomic E-state index is 0.174. The molecule has 1 aliphatic rings. The standard InChI is InChI=1S/C14H15F3N2O3S/c1-8(20)19-13(2,3)12(18)11(23(19,21)22)9-5-4-6-10(7-9)14(15,16)17/h4-7H,18H2,1-3H3. The summed E-state index contributed by atoms with van der Waals surface area (Å²) in [7, 11) is -4.33. The summed E-state index contributed by atoms with van der Waals surface area (Å²) in [6, 6.07) is 3.85. The van der Waals surface area contributed by atoms with Gasteiger partial charge in [-0.15, -0.1) is 0 Å². The molecule has 1 aromatic carbocycles. The molecule has 0 saturated heterocycles. The van der Waals surface area contributed by atoms with Crippen molar-refractivity contribution < 1.29 is 26.4 Å². The molecule has 0 saturated carbocycles. The molecule has 0 unspecified atom stereocenters. The first kappa shape index (κ1) is 17.3. The van der Waals surface area contributed by atoms with Crippen molar-refractivity contribution in [2.45, 2.75) is 32.5 Å². The summed E-state index contributed by atoms with van der Waals surface area (Å²) >= 11 is 0. The van der Waals surface area contributed by atoms with Crippen molar-refractivity contribution in [2.75, 3.05) is 0 Å². The van der Waals surface area contributed by atoms with E-state index < -0.39 is 38.1 Å². The van der Waals surface area contributed by atoms with Crippen molar-refractivity contribution in [1.82, 2.24) is 4.31 Å². The van der Waals surface area contributed by atoms with Gasteiger partial charge < -0.3 is 5.73 Å². The lowest BCUT2D eigenvalue weighted by Gasteiger charge is -2.29. The fourth-order valence-electron chi connectivity index (χ4n) is 2.62. The van der Waals surface area contributed by atoms with Crippen LogP contribution < -0.4 is 5.73 Å². The summed E-state index contributed by atoms with van der Waals surface area (Å²) in [6.45, 7) is 3.89. The van der Waals surface area contributed by atoms with E-state index in [0.29, 0.717) is 10.4 Å². The third-order valence-electron chi connectivity index (χ3n) is 3.65. The van der Waals surface area contributed by atoms with Gasteiger partial charge in [-0.25, -0.2) is 12.7 Å². The normalized spacial score (nSPS) is 20.0. The highest BCUT2D eigenvalue weighted by atomic mass is 32.2. The number of rotatable bonds is 1. The Bertz CT molecular complexity index is 811. The zero-order valence-electron chi connectivity index (χ0n) is 12.6. The van der Waals surface area contributed by atoms with Gasteiger partial charge in [-0.1, -0.05) is 12.1 Å². The lowest BCUT2D eigenvalue weighted by molar-refractivity contribution is -0.137. The Hall–Kier alpha value is -2.03. The highest BCUT2D eigenvalue weighted by Crippen LogP contribution is 2.43. The van der Waals surface area contributed by atoms with Crippen LogP contribution in [0.15, 0.2) is 30.0 Å². The Balaban J connectivity index is 2.73. The van der Waals surface area contributed by atoms with Crippen LogP contribution in [-0.4, -0.2) is 24.2 Å². The van der Waals surface area contributed by atoms with Crippen LogP contribution in [0.25, 0.3) is 4.91 Å². The molecule has 0 aliphatic carbocycles. The molecule has 9 heteroatoms. The minimum atomic E-state index is -4.62. The zero-order valence-corrected chi connectivity index (χ0v) is 13.4. The van der Waals surface area contributed by atoms with Crippen molar-refractivity contribution in [3.8, 4) is 0 Å². The van der Waals surface area contributed by atoms with Crippen LogP contribution in [0, 0.1) is 0 Å². The predicted molar refractivity (Wildman–Crippen MR) is 78.1 cm³/mol. The topological polar surface area (TPSA) is 80.5 Å². The monoisotopic (exact) mass is 348 g/mol. The molecule has 23 heavy (non-hydrogen) atoms. The number of nitrogens with zero attached hydrogens (tertiary/aromatic N) is 1. The Morgan fingerprint density at radius 3 is 2.26 bits per heavy atom. The smallest absolute Gasteiger partial charge is 0.399 e. The molecule has 0 radical (unpaired) electrons. The third-order valence-corrected chi connectivity index (χ3v) is 5.81. The van der Waals surface area contributed by atoms with Gasteiger partial charge in [0.1, 0.15) is 4.91 Å². The third kappa shape index (κ3) is 2.58. The van der Waals surface area contributed by atoms with Crippen LogP contribution in [0.5, 0.6) is 0 Å². The first-order chi connectivity index (χ1) is 10.3. The number of sulfonamides is 1. The van der Waals surface area contributed by atoms with Gasteiger partial charge in [-0.3, -0.25) is 4.79 Å². The molecule has 1 amide bonds. The van der Waals surface area contributed by atoms with Gasteiger partial charge in [0.15, 0.2) is 0 Å². The Morgan fingerprint density at radius 1 is 1.26 bits per heavy atom. The van der Waals surface area contributed by atoms with Gasteiger partial charge in [0.2, 0.25) is 5.91 Å². The van der Waals surface area contributed by atoms with Gasteiger partial charge >= 0.3 is 6.18 Å². The molecule has 1 heterocycles. The number of halogens is 3. The van der Waals surface area contributed by atoms with E-state index in [1.165, 1.54) is 19.9 Å². The highest BCUT2D eigenvalue weighted by molar-refractivity contribution is 7.99. The number of hydrogen-bond acceptors (Lipinski definition) is 4. The van der Waals surface area contributed by atoms with E-state index in [1.807, 2.05) is 0 Å². The van der Waals surface area contributed by atoms with Crippen molar-refractivity contribution in [1.29, 1.82) is 0 Å². The van der Waals surface area contributed by atoms with E-state index in [-0.39, 0.29) is 11.3 Å². The lowest BCUT2D eigenvalue weighted by Crippen LogP contribution is -2.47. The Kier molecular flexibility index (Phi) is 3.75. The molecule has 0 spiro atoms. The highest BCUT2D eigenvalue weighted by Gasteiger charge is 2.51. The lowest BCUT2D eigenvalue weighted by atomic mass is 9.98. The second-order valence-corrected chi connectivity index (χ2v) is 7.39. The molecular weight excluding hydrogens is 333 g/mol. The van der Waals surface area contributed by atoms with Crippen LogP contribution in [0.2, 0.25) is 0 Å². The van der Waals surface area contributed by atoms with Crippen LogP contribution in [0.1, 0.15) is 31.9 Å². The molecule has 2 N–H and O–H groups in total. The first-order valence-corrected chi connectivity index (χ1v) is 7.99. The van der Waals surface area contributed by atoms with Gasteiger partial charge in [0.25, 0.3) is 10.0 Å². The number of amides is 1. The molecular formula is C14H15F3N2O3S. The van der Waals surface area contributed by atoms with Crippen molar-refractivity contribution >= 4 is 20.8 Å². The first-order valence-electron chi connectivity index (χ1n) is 6.55. The minimum Gasteiger partial charge on any atom is -0.399 e. The fourth-order valence-corrected chi connectivity index (χ4v) is 4.79. The molecule has 0 atom stereocenters. The molecule has 0 bridgehead atoms. The number of alkyl halides is 3. The molecule has 1 aliphatic heterocycles. The van der Waals surface area contributed by atoms with E-state index >= 15 is 0 Å². The van der Waals surface area contributed by atoms with Crippen LogP contribution in [0.4, 0.5) is 13.2 Å². The van der Waals surface area contributed by atoms with Crippen LogP contribution in [0.3, 0.4) is 0 Å². The molecule has 1 aromatic rings. The van der Waals surface area contributed by atoms with Crippen molar-refractivity contribution in [2.24, 2.45) is 5.73 Å². The molecule has 126 valence electrons. The van der Waals surface area contributed by atoms with Gasteiger partial charge in [0, 0.05) is 6.92 Å².